The third-order valence-corrected chi connectivity index (χ3v) is 2.22. The van der Waals surface area contributed by atoms with Gasteiger partial charge in [-0.2, -0.15) is 0 Å². The molecule has 0 amide bonds. The minimum atomic E-state index is 0.204. The Balaban J connectivity index is 2.56. The Bertz CT molecular complexity index is 476. The summed E-state index contributed by atoms with van der Waals surface area (Å²) in [5.41, 5.74) is 0.811. The Morgan fingerprint density at radius 1 is 1.07 bits per heavy atom. The molecule has 2 rings (SSSR count). The molecular weight excluding hydrogens is 174 g/mol. The molecule has 0 bridgehead atoms. The second kappa shape index (κ2) is 3.50. The zero-order valence-electron chi connectivity index (χ0n) is 7.95. The van der Waals surface area contributed by atoms with Crippen molar-refractivity contribution in [3.8, 4) is 0 Å². The molecule has 2 aromatic carbocycles. The van der Waals surface area contributed by atoms with Crippen LogP contribution in [0.4, 0.5) is 0 Å². The number of nitrogens with one attached hydrogen (secondary N) is 1. The van der Waals surface area contributed by atoms with E-state index in [1.807, 2.05) is 36.4 Å². The lowest BCUT2D eigenvalue weighted by Crippen LogP contribution is -2.00. The van der Waals surface area contributed by atoms with E-state index >= 15 is 0 Å². The van der Waals surface area contributed by atoms with Crippen LogP contribution in [-0.4, -0.2) is 13.0 Å². The number of ether oxygens (including phenoxy) is 1. The number of methoxy groups -OCH3 is 1. The zero-order chi connectivity index (χ0) is 9.97. The molecule has 0 saturated carbocycles. The standard InChI is InChI=1S/C12H11NO/c1-14-12(13)11-7-6-9-4-2-3-5-10(9)8-11/h2-8,13H,1H3. The predicted octanol–water partition coefficient (Wildman–Crippen LogP) is 2.81. The third-order valence-electron chi connectivity index (χ3n) is 2.22. The summed E-state index contributed by atoms with van der Waals surface area (Å²) in [5, 5.41) is 9.84. The minimum Gasteiger partial charge on any atom is -0.481 e. The highest BCUT2D eigenvalue weighted by atomic mass is 16.5. The minimum absolute atomic E-state index is 0.204. The van der Waals surface area contributed by atoms with Gasteiger partial charge in [0.1, 0.15) is 0 Å². The number of hydrogen-bond donors (Lipinski definition) is 1. The number of hydrogen-bond acceptors (Lipinski definition) is 2. The van der Waals surface area contributed by atoms with Gasteiger partial charge in [0.05, 0.1) is 7.11 Å². The van der Waals surface area contributed by atoms with Crippen molar-refractivity contribution in [1.82, 2.24) is 0 Å². The van der Waals surface area contributed by atoms with Crippen molar-refractivity contribution in [2.45, 2.75) is 0 Å². The summed E-state index contributed by atoms with van der Waals surface area (Å²) in [7, 11) is 1.51. The van der Waals surface area contributed by atoms with E-state index in [1.54, 1.807) is 0 Å². The summed E-state index contributed by atoms with van der Waals surface area (Å²) in [6, 6.07) is 13.9. The van der Waals surface area contributed by atoms with E-state index in [4.69, 9.17) is 10.1 Å². The van der Waals surface area contributed by atoms with Crippen molar-refractivity contribution in [2.75, 3.05) is 7.11 Å². The molecular formula is C12H11NO. The summed E-state index contributed by atoms with van der Waals surface area (Å²) in [4.78, 5) is 0. The lowest BCUT2D eigenvalue weighted by molar-refractivity contribution is 0.401. The van der Waals surface area contributed by atoms with E-state index in [-0.39, 0.29) is 5.90 Å². The molecule has 0 aliphatic heterocycles. The fourth-order valence-corrected chi connectivity index (χ4v) is 1.45. The van der Waals surface area contributed by atoms with Gasteiger partial charge in [0.15, 0.2) is 0 Å². The smallest absolute Gasteiger partial charge is 0.212 e. The number of rotatable bonds is 1. The van der Waals surface area contributed by atoms with Gasteiger partial charge in [-0.3, -0.25) is 5.41 Å². The van der Waals surface area contributed by atoms with Crippen molar-refractivity contribution in [1.29, 1.82) is 5.41 Å². The molecule has 2 nitrogen and oxygen atoms in total. The third kappa shape index (κ3) is 1.46. The van der Waals surface area contributed by atoms with Crippen LogP contribution >= 0.6 is 0 Å². The fourth-order valence-electron chi connectivity index (χ4n) is 1.45. The first-order valence-electron chi connectivity index (χ1n) is 4.43. The van der Waals surface area contributed by atoms with Crippen molar-refractivity contribution >= 4 is 16.7 Å². The molecule has 1 N–H and O–H groups in total. The Morgan fingerprint density at radius 3 is 2.50 bits per heavy atom. The maximum absolute atomic E-state index is 7.53. The topological polar surface area (TPSA) is 33.1 Å². The molecule has 0 aliphatic rings. The number of benzene rings is 2. The lowest BCUT2D eigenvalue weighted by atomic mass is 10.1. The van der Waals surface area contributed by atoms with Crippen molar-refractivity contribution < 1.29 is 4.74 Å². The van der Waals surface area contributed by atoms with Crippen molar-refractivity contribution in [3.05, 3.63) is 48.0 Å². The molecule has 2 heteroatoms. The fraction of sp³-hybridized carbons (Fsp3) is 0.0833. The van der Waals surface area contributed by atoms with Crippen LogP contribution in [0.15, 0.2) is 42.5 Å². The van der Waals surface area contributed by atoms with Gasteiger partial charge in [0.25, 0.3) is 0 Å². The average molecular weight is 185 g/mol. The first-order valence-corrected chi connectivity index (χ1v) is 4.43. The van der Waals surface area contributed by atoms with Gasteiger partial charge >= 0.3 is 0 Å². The molecule has 0 aliphatic carbocycles. The summed E-state index contributed by atoms with van der Waals surface area (Å²) in [6.45, 7) is 0. The maximum Gasteiger partial charge on any atom is 0.212 e. The highest BCUT2D eigenvalue weighted by Crippen LogP contribution is 2.15. The molecule has 0 heterocycles. The summed E-state index contributed by atoms with van der Waals surface area (Å²) < 4.78 is 4.87. The largest absolute Gasteiger partial charge is 0.481 e. The summed E-state index contributed by atoms with van der Waals surface area (Å²) >= 11 is 0. The normalized spacial score (nSPS) is 10.1. The molecule has 0 radical (unpaired) electrons. The SMILES string of the molecule is COC(=N)c1ccc2ccccc2c1. The van der Waals surface area contributed by atoms with Gasteiger partial charge in [0, 0.05) is 5.56 Å². The van der Waals surface area contributed by atoms with Crippen LogP contribution in [0, 0.1) is 5.41 Å². The maximum atomic E-state index is 7.53. The molecule has 0 saturated heterocycles. The van der Waals surface area contributed by atoms with E-state index in [9.17, 15) is 0 Å². The van der Waals surface area contributed by atoms with Crippen LogP contribution in [0.5, 0.6) is 0 Å². The summed E-state index contributed by atoms with van der Waals surface area (Å²) in [5.74, 6) is 0.204. The van der Waals surface area contributed by atoms with Crippen molar-refractivity contribution in [3.63, 3.8) is 0 Å². The van der Waals surface area contributed by atoms with Crippen LogP contribution in [0.25, 0.3) is 10.8 Å². The van der Waals surface area contributed by atoms with E-state index in [0.717, 1.165) is 10.9 Å². The molecule has 0 atom stereocenters. The van der Waals surface area contributed by atoms with Crippen LogP contribution in [0.2, 0.25) is 0 Å². The molecule has 14 heavy (non-hydrogen) atoms. The molecule has 70 valence electrons. The Labute approximate surface area is 82.6 Å². The zero-order valence-corrected chi connectivity index (χ0v) is 7.95. The van der Waals surface area contributed by atoms with Crippen LogP contribution in [-0.2, 0) is 4.74 Å². The lowest BCUT2D eigenvalue weighted by Gasteiger charge is -2.03. The highest BCUT2D eigenvalue weighted by molar-refractivity contribution is 5.96. The first kappa shape index (κ1) is 8.75. The first-order chi connectivity index (χ1) is 6.81. The van der Waals surface area contributed by atoms with Gasteiger partial charge < -0.3 is 4.74 Å². The Kier molecular flexibility index (Phi) is 2.19. The predicted molar refractivity (Wildman–Crippen MR) is 57.8 cm³/mol. The van der Waals surface area contributed by atoms with Crippen LogP contribution in [0.3, 0.4) is 0 Å². The van der Waals surface area contributed by atoms with Gasteiger partial charge in [0.2, 0.25) is 5.90 Å². The van der Waals surface area contributed by atoms with Crippen molar-refractivity contribution in [2.24, 2.45) is 0 Å². The molecule has 0 fully saturated rings. The summed E-state index contributed by atoms with van der Waals surface area (Å²) in [6.07, 6.45) is 0. The van der Waals surface area contributed by atoms with Crippen LogP contribution < -0.4 is 0 Å². The number of fused-ring (bicyclic) bond motifs is 1. The van der Waals surface area contributed by atoms with E-state index in [0.29, 0.717) is 0 Å². The molecule has 0 spiro atoms. The van der Waals surface area contributed by atoms with Gasteiger partial charge in [-0.15, -0.1) is 0 Å². The Morgan fingerprint density at radius 2 is 1.79 bits per heavy atom. The van der Waals surface area contributed by atoms with Gasteiger partial charge in [-0.05, 0) is 22.9 Å². The highest BCUT2D eigenvalue weighted by Gasteiger charge is 2.00. The molecule has 0 aromatic heterocycles. The molecule has 0 unspecified atom stereocenters. The quantitative estimate of drug-likeness (QED) is 0.537. The monoisotopic (exact) mass is 185 g/mol. The van der Waals surface area contributed by atoms with E-state index in [2.05, 4.69) is 6.07 Å². The van der Waals surface area contributed by atoms with E-state index in [1.165, 1.54) is 12.5 Å². The van der Waals surface area contributed by atoms with Gasteiger partial charge in [-0.25, -0.2) is 0 Å². The van der Waals surface area contributed by atoms with Crippen LogP contribution in [0.1, 0.15) is 5.56 Å². The molecule has 2 aromatic rings. The van der Waals surface area contributed by atoms with Gasteiger partial charge in [-0.1, -0.05) is 30.3 Å². The average Bonchev–Trinajstić information content (AvgIpc) is 2.27. The second-order valence-corrected chi connectivity index (χ2v) is 3.10. The Hall–Kier alpha value is -1.83. The second-order valence-electron chi connectivity index (χ2n) is 3.10. The van der Waals surface area contributed by atoms with E-state index < -0.39 is 0 Å².